The van der Waals surface area contributed by atoms with Crippen LogP contribution in [0.5, 0.6) is 0 Å². The van der Waals surface area contributed by atoms with E-state index in [2.05, 4.69) is 0 Å². The summed E-state index contributed by atoms with van der Waals surface area (Å²) in [5, 5.41) is 10.3. The van der Waals surface area contributed by atoms with Crippen molar-refractivity contribution in [1.29, 1.82) is 0 Å². The molecule has 2 nitrogen and oxygen atoms in total. The van der Waals surface area contributed by atoms with Crippen molar-refractivity contribution < 1.29 is 18.3 Å². The van der Waals surface area contributed by atoms with Crippen LogP contribution in [0.25, 0.3) is 0 Å². The molecule has 112 valence electrons. The minimum atomic E-state index is -4.34. The Bertz CT molecular complexity index is 424. The maximum atomic E-state index is 12.5. The van der Waals surface area contributed by atoms with E-state index in [0.717, 1.165) is 37.8 Å². The number of rotatable bonds is 3. The average molecular weight is 287 g/mol. The number of hydrogen-bond donors (Lipinski definition) is 2. The van der Waals surface area contributed by atoms with Crippen LogP contribution in [0.1, 0.15) is 49.3 Å². The molecule has 1 fully saturated rings. The number of hydrogen-bond acceptors (Lipinski definition) is 2. The van der Waals surface area contributed by atoms with Crippen molar-refractivity contribution in [3.8, 4) is 0 Å². The van der Waals surface area contributed by atoms with E-state index in [1.165, 1.54) is 18.6 Å². The lowest BCUT2D eigenvalue weighted by atomic mass is 9.81. The Morgan fingerprint density at radius 3 is 2.10 bits per heavy atom. The van der Waals surface area contributed by atoms with Gasteiger partial charge < -0.3 is 10.8 Å². The number of nitrogens with two attached hydrogens (primary N) is 1. The van der Waals surface area contributed by atoms with Crippen LogP contribution in [0, 0.1) is 5.92 Å². The van der Waals surface area contributed by atoms with Gasteiger partial charge in [-0.3, -0.25) is 0 Å². The first-order valence-electron chi connectivity index (χ1n) is 7.00. The van der Waals surface area contributed by atoms with Crippen LogP contribution in [-0.4, -0.2) is 11.2 Å². The standard InChI is InChI=1S/C15H20F3NO/c16-15(17,18)12-8-6-10(7-9-12)13(19)14(20)11-4-2-1-3-5-11/h6-9,11,13-14,20H,1-5,19H2/t13-,14+/m0/s1. The number of halogens is 3. The van der Waals surface area contributed by atoms with Crippen LogP contribution in [-0.2, 0) is 6.18 Å². The Kier molecular flexibility index (Phi) is 4.70. The highest BCUT2D eigenvalue weighted by Gasteiger charge is 2.31. The van der Waals surface area contributed by atoms with Crippen molar-refractivity contribution in [2.24, 2.45) is 11.7 Å². The second-order valence-electron chi connectivity index (χ2n) is 5.53. The van der Waals surface area contributed by atoms with Gasteiger partial charge in [-0.15, -0.1) is 0 Å². The Balaban J connectivity index is 2.06. The third-order valence-corrected chi connectivity index (χ3v) is 4.12. The third kappa shape index (κ3) is 3.52. The molecule has 3 N–H and O–H groups in total. The highest BCUT2D eigenvalue weighted by molar-refractivity contribution is 5.27. The molecule has 20 heavy (non-hydrogen) atoms. The predicted octanol–water partition coefficient (Wildman–Crippen LogP) is 3.65. The summed E-state index contributed by atoms with van der Waals surface area (Å²) in [6.45, 7) is 0. The van der Waals surface area contributed by atoms with E-state index in [4.69, 9.17) is 5.73 Å². The van der Waals surface area contributed by atoms with Crippen LogP contribution in [0.2, 0.25) is 0 Å². The van der Waals surface area contributed by atoms with Gasteiger partial charge in [-0.2, -0.15) is 13.2 Å². The summed E-state index contributed by atoms with van der Waals surface area (Å²) >= 11 is 0. The molecule has 0 bridgehead atoms. The van der Waals surface area contributed by atoms with E-state index < -0.39 is 23.9 Å². The van der Waals surface area contributed by atoms with Crippen LogP contribution >= 0.6 is 0 Å². The Morgan fingerprint density at radius 1 is 1.05 bits per heavy atom. The first kappa shape index (κ1) is 15.3. The lowest BCUT2D eigenvalue weighted by molar-refractivity contribution is -0.137. The quantitative estimate of drug-likeness (QED) is 0.891. The van der Waals surface area contributed by atoms with Crippen molar-refractivity contribution in [2.75, 3.05) is 0 Å². The Labute approximate surface area is 116 Å². The molecule has 0 unspecified atom stereocenters. The fraction of sp³-hybridized carbons (Fsp3) is 0.600. The monoisotopic (exact) mass is 287 g/mol. The maximum absolute atomic E-state index is 12.5. The molecule has 1 aliphatic rings. The summed E-state index contributed by atoms with van der Waals surface area (Å²) in [5.41, 5.74) is 5.86. The zero-order chi connectivity index (χ0) is 14.8. The zero-order valence-electron chi connectivity index (χ0n) is 11.2. The van der Waals surface area contributed by atoms with Gasteiger partial charge in [0, 0.05) is 0 Å². The van der Waals surface area contributed by atoms with Crippen LogP contribution in [0.3, 0.4) is 0 Å². The van der Waals surface area contributed by atoms with E-state index in [-0.39, 0.29) is 5.92 Å². The molecule has 0 saturated heterocycles. The molecule has 1 saturated carbocycles. The lowest BCUT2D eigenvalue weighted by Gasteiger charge is -2.30. The summed E-state index contributed by atoms with van der Waals surface area (Å²) < 4.78 is 37.5. The van der Waals surface area contributed by atoms with Crippen molar-refractivity contribution in [3.05, 3.63) is 35.4 Å². The van der Waals surface area contributed by atoms with Gasteiger partial charge in [0.2, 0.25) is 0 Å². The lowest BCUT2D eigenvalue weighted by Crippen LogP contribution is -2.34. The van der Waals surface area contributed by atoms with E-state index >= 15 is 0 Å². The molecule has 0 aromatic heterocycles. The molecule has 0 radical (unpaired) electrons. The maximum Gasteiger partial charge on any atom is 0.416 e. The van der Waals surface area contributed by atoms with Gasteiger partial charge in [-0.25, -0.2) is 0 Å². The smallest absolute Gasteiger partial charge is 0.391 e. The van der Waals surface area contributed by atoms with Gasteiger partial charge in [-0.1, -0.05) is 31.4 Å². The number of alkyl halides is 3. The van der Waals surface area contributed by atoms with Crippen LogP contribution in [0.15, 0.2) is 24.3 Å². The molecule has 2 rings (SSSR count). The van der Waals surface area contributed by atoms with Gasteiger partial charge in [0.1, 0.15) is 0 Å². The van der Waals surface area contributed by atoms with E-state index in [1.54, 1.807) is 0 Å². The molecule has 0 spiro atoms. The molecule has 1 aliphatic carbocycles. The minimum Gasteiger partial charge on any atom is -0.391 e. The minimum absolute atomic E-state index is 0.154. The van der Waals surface area contributed by atoms with E-state index in [9.17, 15) is 18.3 Å². The SMILES string of the molecule is N[C@@H](c1ccc(C(F)(F)F)cc1)[C@H](O)C1CCCCC1. The second kappa shape index (κ2) is 6.14. The molecular weight excluding hydrogens is 267 g/mol. The van der Waals surface area contributed by atoms with Gasteiger partial charge in [0.15, 0.2) is 0 Å². The summed E-state index contributed by atoms with van der Waals surface area (Å²) in [7, 11) is 0. The molecule has 0 aliphatic heterocycles. The van der Waals surface area contributed by atoms with Crippen molar-refractivity contribution >= 4 is 0 Å². The molecule has 1 aromatic carbocycles. The van der Waals surface area contributed by atoms with Gasteiger partial charge in [0.05, 0.1) is 17.7 Å². The summed E-state index contributed by atoms with van der Waals surface area (Å²) in [6.07, 6.45) is 0.198. The van der Waals surface area contributed by atoms with Crippen molar-refractivity contribution in [3.63, 3.8) is 0 Å². The van der Waals surface area contributed by atoms with Gasteiger partial charge in [0.25, 0.3) is 0 Å². The van der Waals surface area contributed by atoms with Crippen molar-refractivity contribution in [2.45, 2.75) is 50.4 Å². The molecule has 2 atom stereocenters. The fourth-order valence-corrected chi connectivity index (χ4v) is 2.86. The molecule has 1 aromatic rings. The molecular formula is C15H20F3NO. The highest BCUT2D eigenvalue weighted by Crippen LogP contribution is 2.33. The fourth-order valence-electron chi connectivity index (χ4n) is 2.86. The van der Waals surface area contributed by atoms with Crippen molar-refractivity contribution in [1.82, 2.24) is 0 Å². The van der Waals surface area contributed by atoms with E-state index in [1.807, 2.05) is 0 Å². The Morgan fingerprint density at radius 2 is 1.60 bits per heavy atom. The molecule has 0 heterocycles. The summed E-state index contributed by atoms with van der Waals surface area (Å²) in [6, 6.07) is 4.13. The zero-order valence-corrected chi connectivity index (χ0v) is 11.2. The summed E-state index contributed by atoms with van der Waals surface area (Å²) in [5.74, 6) is 0.154. The first-order chi connectivity index (χ1) is 9.39. The third-order valence-electron chi connectivity index (χ3n) is 4.12. The topological polar surface area (TPSA) is 46.2 Å². The first-order valence-corrected chi connectivity index (χ1v) is 7.00. The van der Waals surface area contributed by atoms with Gasteiger partial charge in [-0.05, 0) is 36.5 Å². The Hall–Kier alpha value is -1.07. The van der Waals surface area contributed by atoms with Gasteiger partial charge >= 0.3 is 6.18 Å². The number of aliphatic hydroxyl groups is 1. The van der Waals surface area contributed by atoms with Crippen LogP contribution < -0.4 is 5.73 Å². The number of benzene rings is 1. The number of aliphatic hydroxyl groups excluding tert-OH is 1. The molecule has 0 amide bonds. The normalized spacial score (nSPS) is 20.6. The predicted molar refractivity (Wildman–Crippen MR) is 71.0 cm³/mol. The second-order valence-corrected chi connectivity index (χ2v) is 5.53. The summed E-state index contributed by atoms with van der Waals surface area (Å²) in [4.78, 5) is 0. The van der Waals surface area contributed by atoms with Crippen LogP contribution in [0.4, 0.5) is 13.2 Å². The highest BCUT2D eigenvalue weighted by atomic mass is 19.4. The largest absolute Gasteiger partial charge is 0.416 e. The molecule has 5 heteroatoms. The van der Waals surface area contributed by atoms with E-state index in [0.29, 0.717) is 5.56 Å². The average Bonchev–Trinajstić information content (AvgIpc) is 2.46.